The van der Waals surface area contributed by atoms with Crippen molar-refractivity contribution in [1.82, 2.24) is 5.32 Å². The standard InChI is InChI=1S/C9H13N2/c1-2-4-8(5-3-1)9-10-6-7-11-9/h6-8H,1-5H2. The first-order chi connectivity index (χ1) is 5.47. The van der Waals surface area contributed by atoms with Crippen LogP contribution in [-0.4, -0.2) is 5.84 Å². The number of hydrogen-bond donors (Lipinski definition) is 0. The molecule has 1 aliphatic heterocycles. The van der Waals surface area contributed by atoms with E-state index >= 15 is 0 Å². The van der Waals surface area contributed by atoms with E-state index in [4.69, 9.17) is 0 Å². The van der Waals surface area contributed by atoms with Crippen molar-refractivity contribution in [3.8, 4) is 0 Å². The monoisotopic (exact) mass is 149 g/mol. The van der Waals surface area contributed by atoms with Gasteiger partial charge in [-0.05, 0) is 12.8 Å². The molecule has 11 heavy (non-hydrogen) atoms. The number of rotatable bonds is 1. The van der Waals surface area contributed by atoms with Gasteiger partial charge in [0, 0.05) is 18.3 Å². The summed E-state index contributed by atoms with van der Waals surface area (Å²) in [5, 5.41) is 4.23. The van der Waals surface area contributed by atoms with E-state index in [0.29, 0.717) is 5.92 Å². The second-order valence-electron chi connectivity index (χ2n) is 3.25. The Morgan fingerprint density at radius 3 is 2.55 bits per heavy atom. The van der Waals surface area contributed by atoms with Crippen molar-refractivity contribution < 1.29 is 0 Å². The molecule has 0 aromatic carbocycles. The number of amidine groups is 1. The summed E-state index contributed by atoms with van der Waals surface area (Å²) in [5.41, 5.74) is 0. The molecule has 0 N–H and O–H groups in total. The molecule has 0 saturated heterocycles. The smallest absolute Gasteiger partial charge is 0.131 e. The minimum absolute atomic E-state index is 0.666. The van der Waals surface area contributed by atoms with Crippen LogP contribution in [0.4, 0.5) is 0 Å². The van der Waals surface area contributed by atoms with Crippen LogP contribution in [0.5, 0.6) is 0 Å². The van der Waals surface area contributed by atoms with E-state index in [1.807, 2.05) is 0 Å². The Hall–Kier alpha value is -0.790. The van der Waals surface area contributed by atoms with Crippen molar-refractivity contribution in [1.29, 1.82) is 0 Å². The number of nitrogens with zero attached hydrogens (tertiary/aromatic N) is 2. The zero-order valence-electron chi connectivity index (χ0n) is 6.66. The predicted octanol–water partition coefficient (Wildman–Crippen LogP) is 2.05. The van der Waals surface area contributed by atoms with Gasteiger partial charge < -0.3 is 0 Å². The van der Waals surface area contributed by atoms with E-state index < -0.39 is 0 Å². The summed E-state index contributed by atoms with van der Waals surface area (Å²) < 4.78 is 0. The highest BCUT2D eigenvalue weighted by Gasteiger charge is 2.20. The van der Waals surface area contributed by atoms with Crippen molar-refractivity contribution >= 4 is 5.84 Å². The van der Waals surface area contributed by atoms with Gasteiger partial charge >= 0.3 is 0 Å². The van der Waals surface area contributed by atoms with Gasteiger partial charge in [0.05, 0.1) is 0 Å². The molecular formula is C9H13N2. The largest absolute Gasteiger partial charge is 0.240 e. The van der Waals surface area contributed by atoms with Gasteiger partial charge in [0.15, 0.2) is 0 Å². The molecule has 2 rings (SSSR count). The summed E-state index contributed by atoms with van der Waals surface area (Å²) in [6, 6.07) is 0. The van der Waals surface area contributed by atoms with Crippen molar-refractivity contribution in [3.63, 3.8) is 0 Å². The molecule has 59 valence electrons. The molecule has 0 spiro atoms. The molecule has 1 saturated carbocycles. The van der Waals surface area contributed by atoms with Crippen molar-refractivity contribution in [3.05, 3.63) is 12.4 Å². The molecule has 1 fully saturated rings. The summed E-state index contributed by atoms with van der Waals surface area (Å²) in [6.07, 6.45) is 10.3. The van der Waals surface area contributed by atoms with E-state index in [1.54, 1.807) is 12.4 Å². The van der Waals surface area contributed by atoms with Crippen LogP contribution in [0.25, 0.3) is 0 Å². The van der Waals surface area contributed by atoms with Crippen LogP contribution in [0.3, 0.4) is 0 Å². The average Bonchev–Trinajstić information content (AvgIpc) is 2.58. The third-order valence-corrected chi connectivity index (χ3v) is 2.45. The maximum Gasteiger partial charge on any atom is 0.131 e. The van der Waals surface area contributed by atoms with Gasteiger partial charge in [-0.2, -0.15) is 0 Å². The summed E-state index contributed by atoms with van der Waals surface area (Å²) in [5.74, 6) is 1.74. The second kappa shape index (κ2) is 3.07. The average molecular weight is 149 g/mol. The summed E-state index contributed by atoms with van der Waals surface area (Å²) >= 11 is 0. The van der Waals surface area contributed by atoms with Gasteiger partial charge in [0.25, 0.3) is 0 Å². The van der Waals surface area contributed by atoms with Gasteiger partial charge in [0.2, 0.25) is 0 Å². The second-order valence-corrected chi connectivity index (χ2v) is 3.25. The molecule has 1 heterocycles. The van der Waals surface area contributed by atoms with Crippen LogP contribution in [-0.2, 0) is 0 Å². The Kier molecular flexibility index (Phi) is 1.93. The molecule has 2 aliphatic rings. The molecule has 0 atom stereocenters. The lowest BCUT2D eigenvalue weighted by Gasteiger charge is -2.20. The minimum atomic E-state index is 0.666. The van der Waals surface area contributed by atoms with E-state index in [-0.39, 0.29) is 0 Å². The quantitative estimate of drug-likeness (QED) is 0.545. The Bertz CT molecular complexity index is 188. The molecule has 0 unspecified atom stereocenters. The van der Waals surface area contributed by atoms with Gasteiger partial charge in [-0.15, -0.1) is 0 Å². The summed E-state index contributed by atoms with van der Waals surface area (Å²) in [4.78, 5) is 4.23. The Morgan fingerprint density at radius 1 is 1.09 bits per heavy atom. The summed E-state index contributed by atoms with van der Waals surface area (Å²) in [6.45, 7) is 0. The fraction of sp³-hybridized carbons (Fsp3) is 0.667. The molecule has 0 aromatic heterocycles. The highest BCUT2D eigenvalue weighted by atomic mass is 15.0. The maximum atomic E-state index is 4.23. The van der Waals surface area contributed by atoms with Gasteiger partial charge in [-0.1, -0.05) is 19.3 Å². The van der Waals surface area contributed by atoms with Crippen LogP contribution >= 0.6 is 0 Å². The van der Waals surface area contributed by atoms with Crippen molar-refractivity contribution in [2.75, 3.05) is 0 Å². The molecule has 1 radical (unpaired) electrons. The van der Waals surface area contributed by atoms with Crippen LogP contribution in [0.1, 0.15) is 32.1 Å². The zero-order chi connectivity index (χ0) is 7.52. The SMILES string of the molecule is C1=CN=C(C2CCCCC2)[N]1. The highest BCUT2D eigenvalue weighted by Crippen LogP contribution is 2.25. The molecule has 2 nitrogen and oxygen atoms in total. The minimum Gasteiger partial charge on any atom is -0.240 e. The molecular weight excluding hydrogens is 136 g/mol. The Labute approximate surface area is 67.4 Å². The topological polar surface area (TPSA) is 26.5 Å². The third-order valence-electron chi connectivity index (χ3n) is 2.45. The van der Waals surface area contributed by atoms with Crippen LogP contribution in [0.15, 0.2) is 17.4 Å². The number of aliphatic imine (C=N–C) groups is 1. The first-order valence-corrected chi connectivity index (χ1v) is 4.40. The van der Waals surface area contributed by atoms with Crippen LogP contribution in [0, 0.1) is 5.92 Å². The van der Waals surface area contributed by atoms with E-state index in [1.165, 1.54) is 32.1 Å². The van der Waals surface area contributed by atoms with Crippen molar-refractivity contribution in [2.45, 2.75) is 32.1 Å². The molecule has 1 aliphatic carbocycles. The first-order valence-electron chi connectivity index (χ1n) is 4.40. The van der Waals surface area contributed by atoms with Crippen LogP contribution in [0.2, 0.25) is 0 Å². The number of hydrogen-bond acceptors (Lipinski definition) is 1. The Morgan fingerprint density at radius 2 is 1.91 bits per heavy atom. The first kappa shape index (κ1) is 6.89. The predicted molar refractivity (Wildman–Crippen MR) is 45.3 cm³/mol. The maximum absolute atomic E-state index is 4.23. The zero-order valence-corrected chi connectivity index (χ0v) is 6.66. The van der Waals surface area contributed by atoms with E-state index in [0.717, 1.165) is 5.84 Å². The lowest BCUT2D eigenvalue weighted by Crippen LogP contribution is -2.21. The van der Waals surface area contributed by atoms with Crippen LogP contribution < -0.4 is 5.32 Å². The lowest BCUT2D eigenvalue weighted by molar-refractivity contribution is 0.435. The molecule has 0 bridgehead atoms. The Balaban J connectivity index is 1.93. The fourth-order valence-corrected chi connectivity index (χ4v) is 1.82. The van der Waals surface area contributed by atoms with Gasteiger partial charge in [0.1, 0.15) is 5.84 Å². The van der Waals surface area contributed by atoms with E-state index in [2.05, 4.69) is 10.3 Å². The van der Waals surface area contributed by atoms with E-state index in [9.17, 15) is 0 Å². The van der Waals surface area contributed by atoms with Gasteiger partial charge in [-0.3, -0.25) is 0 Å². The molecule has 0 amide bonds. The molecule has 0 aromatic rings. The molecule has 2 heteroatoms. The third kappa shape index (κ3) is 1.44. The van der Waals surface area contributed by atoms with Gasteiger partial charge in [-0.25, -0.2) is 10.3 Å². The van der Waals surface area contributed by atoms with Crippen molar-refractivity contribution in [2.24, 2.45) is 10.9 Å². The normalized spacial score (nSPS) is 24.9. The highest BCUT2D eigenvalue weighted by molar-refractivity contribution is 5.87. The summed E-state index contributed by atoms with van der Waals surface area (Å²) in [7, 11) is 0. The lowest BCUT2D eigenvalue weighted by atomic mass is 9.88. The fourth-order valence-electron chi connectivity index (χ4n) is 1.82.